The van der Waals surface area contributed by atoms with Crippen LogP contribution in [0.25, 0.3) is 0 Å². The van der Waals surface area contributed by atoms with E-state index in [1.54, 1.807) is 24.3 Å². The van der Waals surface area contributed by atoms with Gasteiger partial charge in [-0.15, -0.1) is 0 Å². The minimum atomic E-state index is -0.949. The first-order valence-electron chi connectivity index (χ1n) is 5.45. The van der Waals surface area contributed by atoms with Gasteiger partial charge in [0.25, 0.3) is 5.91 Å². The molecule has 1 aliphatic heterocycles. The molecule has 0 bridgehead atoms. The SMILES string of the molecule is NC(=O)C1=CC2C(=O)c3ccccc3C(=O)C2O1. The molecule has 1 aromatic rings. The van der Waals surface area contributed by atoms with Gasteiger partial charge in [-0.3, -0.25) is 14.4 Å². The number of benzene rings is 1. The summed E-state index contributed by atoms with van der Waals surface area (Å²) in [5.41, 5.74) is 5.80. The maximum absolute atomic E-state index is 12.2. The van der Waals surface area contributed by atoms with Crippen molar-refractivity contribution in [1.82, 2.24) is 0 Å². The number of carbonyl (C=O) groups is 3. The highest BCUT2D eigenvalue weighted by atomic mass is 16.5. The van der Waals surface area contributed by atoms with Crippen molar-refractivity contribution in [3.05, 3.63) is 47.2 Å². The molecule has 18 heavy (non-hydrogen) atoms. The molecule has 0 radical (unpaired) electrons. The molecule has 2 aliphatic rings. The molecule has 5 nitrogen and oxygen atoms in total. The Morgan fingerprint density at radius 2 is 1.72 bits per heavy atom. The topological polar surface area (TPSA) is 86.5 Å². The number of ketones is 2. The summed E-state index contributed by atoms with van der Waals surface area (Å²) in [5, 5.41) is 0. The van der Waals surface area contributed by atoms with E-state index in [4.69, 9.17) is 10.5 Å². The summed E-state index contributed by atoms with van der Waals surface area (Å²) >= 11 is 0. The van der Waals surface area contributed by atoms with Crippen molar-refractivity contribution in [2.24, 2.45) is 11.7 Å². The first-order valence-corrected chi connectivity index (χ1v) is 5.45. The molecule has 1 heterocycles. The van der Waals surface area contributed by atoms with Crippen LogP contribution in [0.4, 0.5) is 0 Å². The third-order valence-electron chi connectivity index (χ3n) is 3.17. The van der Waals surface area contributed by atoms with Gasteiger partial charge in [-0.1, -0.05) is 24.3 Å². The summed E-state index contributed by atoms with van der Waals surface area (Å²) in [6, 6.07) is 6.56. The van der Waals surface area contributed by atoms with Gasteiger partial charge in [0.15, 0.2) is 17.6 Å². The third-order valence-corrected chi connectivity index (χ3v) is 3.17. The molecule has 1 aromatic carbocycles. The fourth-order valence-electron chi connectivity index (χ4n) is 2.32. The van der Waals surface area contributed by atoms with Gasteiger partial charge in [-0.05, 0) is 6.08 Å². The van der Waals surface area contributed by atoms with Crippen LogP contribution >= 0.6 is 0 Å². The fraction of sp³-hybridized carbons (Fsp3) is 0.154. The maximum atomic E-state index is 12.2. The predicted octanol–water partition coefficient (Wildman–Crippen LogP) is 0.450. The van der Waals surface area contributed by atoms with Gasteiger partial charge in [0.2, 0.25) is 5.78 Å². The zero-order valence-corrected chi connectivity index (χ0v) is 9.25. The average molecular weight is 243 g/mol. The molecule has 2 N–H and O–H groups in total. The summed E-state index contributed by atoms with van der Waals surface area (Å²) in [6.07, 6.45) is 0.387. The highest BCUT2D eigenvalue weighted by molar-refractivity contribution is 6.18. The van der Waals surface area contributed by atoms with Gasteiger partial charge >= 0.3 is 0 Å². The van der Waals surface area contributed by atoms with Crippen molar-refractivity contribution >= 4 is 17.5 Å². The van der Waals surface area contributed by atoms with Crippen molar-refractivity contribution in [2.45, 2.75) is 6.10 Å². The van der Waals surface area contributed by atoms with E-state index in [9.17, 15) is 14.4 Å². The Morgan fingerprint density at radius 3 is 2.33 bits per heavy atom. The summed E-state index contributed by atoms with van der Waals surface area (Å²) in [5.74, 6) is -2.13. The molecule has 1 aliphatic carbocycles. The van der Waals surface area contributed by atoms with Crippen molar-refractivity contribution in [3.63, 3.8) is 0 Å². The van der Waals surface area contributed by atoms with E-state index in [0.717, 1.165) is 0 Å². The molecule has 0 fully saturated rings. The predicted molar refractivity (Wildman–Crippen MR) is 60.7 cm³/mol. The number of fused-ring (bicyclic) bond motifs is 2. The van der Waals surface area contributed by atoms with Crippen LogP contribution in [-0.4, -0.2) is 23.6 Å². The highest BCUT2D eigenvalue weighted by Gasteiger charge is 2.46. The van der Waals surface area contributed by atoms with Crippen molar-refractivity contribution < 1.29 is 19.1 Å². The van der Waals surface area contributed by atoms with E-state index >= 15 is 0 Å². The third kappa shape index (κ3) is 1.30. The lowest BCUT2D eigenvalue weighted by Crippen LogP contribution is -2.38. The first-order chi connectivity index (χ1) is 8.59. The normalized spacial score (nSPS) is 25.0. The van der Waals surface area contributed by atoms with Crippen LogP contribution in [0.15, 0.2) is 36.1 Å². The quantitative estimate of drug-likeness (QED) is 0.775. The van der Waals surface area contributed by atoms with Gasteiger partial charge in [0.1, 0.15) is 0 Å². The molecule has 0 saturated heterocycles. The van der Waals surface area contributed by atoms with E-state index in [1.165, 1.54) is 6.08 Å². The van der Waals surface area contributed by atoms with Crippen LogP contribution in [0.1, 0.15) is 20.7 Å². The van der Waals surface area contributed by atoms with Crippen molar-refractivity contribution in [1.29, 1.82) is 0 Å². The number of carbonyl (C=O) groups excluding carboxylic acids is 3. The van der Waals surface area contributed by atoms with E-state index in [0.29, 0.717) is 11.1 Å². The zero-order chi connectivity index (χ0) is 12.9. The Hall–Kier alpha value is -2.43. The number of primary amides is 1. The monoisotopic (exact) mass is 243 g/mol. The smallest absolute Gasteiger partial charge is 0.283 e. The second-order valence-corrected chi connectivity index (χ2v) is 4.23. The minimum Gasteiger partial charge on any atom is -0.476 e. The molecule has 5 heteroatoms. The first kappa shape index (κ1) is 10.7. The van der Waals surface area contributed by atoms with E-state index in [1.807, 2.05) is 0 Å². The van der Waals surface area contributed by atoms with Crippen LogP contribution in [-0.2, 0) is 9.53 Å². The van der Waals surface area contributed by atoms with Crippen LogP contribution in [0.5, 0.6) is 0 Å². The number of amides is 1. The van der Waals surface area contributed by atoms with E-state index in [2.05, 4.69) is 0 Å². The molecule has 1 amide bonds. The average Bonchev–Trinajstić information content (AvgIpc) is 2.81. The number of rotatable bonds is 1. The van der Waals surface area contributed by atoms with Gasteiger partial charge in [-0.25, -0.2) is 0 Å². The highest BCUT2D eigenvalue weighted by Crippen LogP contribution is 2.34. The Balaban J connectivity index is 2.10. The standard InChI is InChI=1S/C13H9NO4/c14-13(17)9-5-8-10(15)6-3-1-2-4-7(6)11(16)12(8)18-9/h1-5,8,12H,(H2,14,17). The number of nitrogens with two attached hydrogens (primary N) is 1. The van der Waals surface area contributed by atoms with Gasteiger partial charge in [-0.2, -0.15) is 0 Å². The zero-order valence-electron chi connectivity index (χ0n) is 9.25. The van der Waals surface area contributed by atoms with E-state index < -0.39 is 17.9 Å². The van der Waals surface area contributed by atoms with Crippen LogP contribution in [0.2, 0.25) is 0 Å². The number of Topliss-reactive ketones (excluding diaryl/α,β-unsaturated/α-hetero) is 2. The molecular formula is C13H9NO4. The molecule has 0 saturated carbocycles. The summed E-state index contributed by atoms with van der Waals surface area (Å²) in [4.78, 5) is 35.4. The lowest BCUT2D eigenvalue weighted by atomic mass is 9.80. The number of hydrogen-bond acceptors (Lipinski definition) is 4. The van der Waals surface area contributed by atoms with Crippen molar-refractivity contribution in [2.75, 3.05) is 0 Å². The van der Waals surface area contributed by atoms with Gasteiger partial charge < -0.3 is 10.5 Å². The lowest BCUT2D eigenvalue weighted by Gasteiger charge is -2.23. The molecular weight excluding hydrogens is 234 g/mol. The van der Waals surface area contributed by atoms with Crippen LogP contribution in [0, 0.1) is 5.92 Å². The molecule has 2 atom stereocenters. The van der Waals surface area contributed by atoms with Crippen LogP contribution < -0.4 is 5.73 Å². The molecule has 0 spiro atoms. The van der Waals surface area contributed by atoms with Gasteiger partial charge in [0.05, 0.1) is 5.92 Å². The number of hydrogen-bond donors (Lipinski definition) is 1. The summed E-state index contributed by atoms with van der Waals surface area (Å²) in [6.45, 7) is 0. The molecule has 3 rings (SSSR count). The Bertz CT molecular complexity index is 617. The minimum absolute atomic E-state index is 0.112. The van der Waals surface area contributed by atoms with E-state index in [-0.39, 0.29) is 17.3 Å². The molecule has 2 unspecified atom stereocenters. The largest absolute Gasteiger partial charge is 0.476 e. The Kier molecular flexibility index (Phi) is 2.10. The fourth-order valence-corrected chi connectivity index (χ4v) is 2.32. The Morgan fingerprint density at radius 1 is 1.11 bits per heavy atom. The second kappa shape index (κ2) is 3.53. The summed E-state index contributed by atoms with van der Waals surface area (Å²) in [7, 11) is 0. The number of ether oxygens (including phenoxy) is 1. The lowest BCUT2D eigenvalue weighted by molar-refractivity contribution is -0.117. The maximum Gasteiger partial charge on any atom is 0.283 e. The second-order valence-electron chi connectivity index (χ2n) is 4.23. The van der Waals surface area contributed by atoms with Gasteiger partial charge in [0, 0.05) is 11.1 Å². The van der Waals surface area contributed by atoms with Crippen LogP contribution in [0.3, 0.4) is 0 Å². The molecule has 0 aromatic heterocycles. The van der Waals surface area contributed by atoms with Crippen molar-refractivity contribution in [3.8, 4) is 0 Å². The summed E-state index contributed by atoms with van der Waals surface area (Å²) < 4.78 is 5.18. The Labute approximate surface area is 102 Å². The molecule has 90 valence electrons.